The number of phenolic OH excluding ortho intramolecular Hbond substituents is 1. The van der Waals surface area contributed by atoms with E-state index in [1.165, 1.54) is 12.8 Å². The van der Waals surface area contributed by atoms with E-state index in [-0.39, 0.29) is 32.9 Å². The van der Waals surface area contributed by atoms with Crippen LogP contribution >= 0.6 is 0 Å². The molecule has 2 aromatic carbocycles. The number of hydrogen-bond acceptors (Lipinski definition) is 5. The van der Waals surface area contributed by atoms with Gasteiger partial charge in [0, 0.05) is 38.3 Å². The van der Waals surface area contributed by atoms with E-state index >= 15 is 0 Å². The Hall–Kier alpha value is -2.39. The van der Waals surface area contributed by atoms with Gasteiger partial charge in [0.1, 0.15) is 17.2 Å². The van der Waals surface area contributed by atoms with E-state index in [2.05, 4.69) is 24.9 Å². The minimum absolute atomic E-state index is 0. The number of aliphatic imine (C=N–C) groups is 1. The first kappa shape index (κ1) is 23.3. The fraction of sp³-hybridized carbons (Fsp3) is 0.360. The fourth-order valence-electron chi connectivity index (χ4n) is 3.96. The molecule has 5 nitrogen and oxygen atoms in total. The molecule has 0 aliphatic carbocycles. The van der Waals surface area contributed by atoms with E-state index in [4.69, 9.17) is 14.5 Å². The number of pyridine rings is 1. The number of hydrogen-bond donors (Lipinski definition) is 1. The van der Waals surface area contributed by atoms with Gasteiger partial charge in [0.15, 0.2) is 0 Å². The van der Waals surface area contributed by atoms with E-state index in [1.807, 2.05) is 30.3 Å². The van der Waals surface area contributed by atoms with Crippen molar-refractivity contribution in [2.45, 2.75) is 45.6 Å². The molecule has 0 unspecified atom stereocenters. The summed E-state index contributed by atoms with van der Waals surface area (Å²) < 4.78 is 11.8. The molecule has 31 heavy (non-hydrogen) atoms. The van der Waals surface area contributed by atoms with Crippen molar-refractivity contribution in [1.29, 1.82) is 0 Å². The number of aromatic nitrogens is 1. The van der Waals surface area contributed by atoms with E-state index in [0.29, 0.717) is 35.6 Å². The summed E-state index contributed by atoms with van der Waals surface area (Å²) in [6.45, 7) is 5.07. The average Bonchev–Trinajstić information content (AvgIpc) is 3.25. The molecule has 1 N–H and O–H groups in total. The normalized spacial score (nSPS) is 15.5. The van der Waals surface area contributed by atoms with Crippen molar-refractivity contribution >= 4 is 16.8 Å². The Bertz CT molecular complexity index is 1050. The third-order valence-corrected chi connectivity index (χ3v) is 5.42. The Balaban J connectivity index is 0.00000272. The maximum atomic E-state index is 10.0. The van der Waals surface area contributed by atoms with Crippen LogP contribution in [0.5, 0.6) is 17.4 Å². The summed E-state index contributed by atoms with van der Waals surface area (Å²) in [5.74, 6) is 2.25. The maximum Gasteiger partial charge on any atom is 0.217 e. The third-order valence-electron chi connectivity index (χ3n) is 5.42. The zero-order valence-corrected chi connectivity index (χ0v) is 20.1. The second-order valence-electron chi connectivity index (χ2n) is 7.68. The molecular formula is C25H27N2O3Pt-. The smallest absolute Gasteiger partial charge is 0.217 e. The number of nitrogens with zero attached hydrogens (tertiary/aromatic N) is 2. The molecule has 3 aromatic rings. The summed E-state index contributed by atoms with van der Waals surface area (Å²) in [6.07, 6.45) is 4.67. The van der Waals surface area contributed by atoms with Crippen molar-refractivity contribution in [3.63, 3.8) is 0 Å². The number of benzene rings is 2. The third kappa shape index (κ3) is 5.46. The van der Waals surface area contributed by atoms with Crippen molar-refractivity contribution in [2.24, 2.45) is 10.9 Å². The topological polar surface area (TPSA) is 63.9 Å². The largest absolute Gasteiger partial charge is 0.518 e. The van der Waals surface area contributed by atoms with Crippen molar-refractivity contribution < 1.29 is 35.6 Å². The molecule has 1 atom stereocenters. The first-order valence-corrected chi connectivity index (χ1v) is 10.7. The second-order valence-corrected chi connectivity index (χ2v) is 7.68. The van der Waals surface area contributed by atoms with Crippen LogP contribution in [0, 0.1) is 12.0 Å². The number of ether oxygens (including phenoxy) is 2. The predicted molar refractivity (Wildman–Crippen MR) is 118 cm³/mol. The van der Waals surface area contributed by atoms with E-state index < -0.39 is 0 Å². The van der Waals surface area contributed by atoms with Gasteiger partial charge < -0.3 is 14.6 Å². The molecular weight excluding hydrogens is 571 g/mol. The van der Waals surface area contributed by atoms with Gasteiger partial charge in [-0.25, -0.2) is 4.98 Å². The van der Waals surface area contributed by atoms with Crippen molar-refractivity contribution in [1.82, 2.24) is 4.98 Å². The Labute approximate surface area is 197 Å². The van der Waals surface area contributed by atoms with Crippen LogP contribution in [0.1, 0.15) is 45.1 Å². The van der Waals surface area contributed by atoms with Crippen LogP contribution in [0.4, 0.5) is 0 Å². The zero-order valence-electron chi connectivity index (χ0n) is 17.8. The van der Waals surface area contributed by atoms with Crippen LogP contribution in [0.3, 0.4) is 0 Å². The van der Waals surface area contributed by atoms with Crippen LogP contribution in [0.15, 0.2) is 53.5 Å². The van der Waals surface area contributed by atoms with Gasteiger partial charge in [-0.2, -0.15) is 0 Å². The Kier molecular flexibility index (Phi) is 8.08. The summed E-state index contributed by atoms with van der Waals surface area (Å²) in [5.41, 5.74) is 1.29. The quantitative estimate of drug-likeness (QED) is 0.329. The summed E-state index contributed by atoms with van der Waals surface area (Å²) in [7, 11) is 0. The van der Waals surface area contributed by atoms with Crippen molar-refractivity contribution in [2.75, 3.05) is 6.61 Å². The number of rotatable bonds is 8. The molecule has 0 saturated carbocycles. The standard InChI is InChI=1S/C25H27N2O3.Pt/c1-3-7-17(8-4-2)21-16-29-25(26-21)19-10-5-11-20(15-19)30-23-14-13-18-9-6-12-22(28)24(18)27-23;/h5-6,9-14,17,21,28H,3-4,7-8,16H2,1-2H3;/q-1;/t21-;/m1./s1. The summed E-state index contributed by atoms with van der Waals surface area (Å²) in [5, 5.41) is 10.9. The van der Waals surface area contributed by atoms with Gasteiger partial charge >= 0.3 is 0 Å². The Morgan fingerprint density at radius 3 is 2.65 bits per heavy atom. The van der Waals surface area contributed by atoms with Gasteiger partial charge in [-0.15, -0.1) is 18.2 Å². The second kappa shape index (κ2) is 10.8. The molecule has 0 saturated heterocycles. The van der Waals surface area contributed by atoms with E-state index in [0.717, 1.165) is 23.8 Å². The van der Waals surface area contributed by atoms with Crippen LogP contribution in [0.2, 0.25) is 0 Å². The van der Waals surface area contributed by atoms with Gasteiger partial charge in [-0.05, 0) is 30.9 Å². The molecule has 1 aromatic heterocycles. The first-order valence-electron chi connectivity index (χ1n) is 10.7. The SMILES string of the molecule is CCCC(CCC)[C@H]1COC(c2[c-]c(Oc3ccc4cccc(O)c4n3)ccc2)=N1.[Pt]. The van der Waals surface area contributed by atoms with E-state index in [9.17, 15) is 5.11 Å². The first-order chi connectivity index (χ1) is 14.7. The predicted octanol–water partition coefficient (Wildman–Crippen LogP) is 5.89. The monoisotopic (exact) mass is 598 g/mol. The summed E-state index contributed by atoms with van der Waals surface area (Å²) >= 11 is 0. The number of para-hydroxylation sites is 1. The molecule has 0 spiro atoms. The van der Waals surface area contributed by atoms with Crippen LogP contribution < -0.4 is 4.74 Å². The van der Waals surface area contributed by atoms with Gasteiger partial charge in [-0.1, -0.05) is 50.5 Å². The van der Waals surface area contributed by atoms with Gasteiger partial charge in [0.05, 0.1) is 12.6 Å². The van der Waals surface area contributed by atoms with Crippen LogP contribution in [0.25, 0.3) is 10.9 Å². The van der Waals surface area contributed by atoms with E-state index in [1.54, 1.807) is 18.2 Å². The van der Waals surface area contributed by atoms with Gasteiger partial charge in [-0.3, -0.25) is 4.99 Å². The van der Waals surface area contributed by atoms with Crippen molar-refractivity contribution in [3.8, 4) is 17.4 Å². The van der Waals surface area contributed by atoms with Gasteiger partial charge in [0.2, 0.25) is 5.88 Å². The number of fused-ring (bicyclic) bond motifs is 1. The molecule has 166 valence electrons. The Morgan fingerprint density at radius 2 is 1.87 bits per heavy atom. The molecule has 2 heterocycles. The molecule has 1 aliphatic rings. The molecule has 6 heteroatoms. The minimum atomic E-state index is 0. The molecule has 0 amide bonds. The average molecular weight is 599 g/mol. The van der Waals surface area contributed by atoms with Crippen molar-refractivity contribution in [3.05, 3.63) is 60.2 Å². The fourth-order valence-corrected chi connectivity index (χ4v) is 3.96. The minimum Gasteiger partial charge on any atom is -0.518 e. The molecule has 0 fully saturated rings. The maximum absolute atomic E-state index is 10.0. The molecule has 4 rings (SSSR count). The Morgan fingerprint density at radius 1 is 1.10 bits per heavy atom. The van der Waals surface area contributed by atoms with Gasteiger partial charge in [0.25, 0.3) is 0 Å². The summed E-state index contributed by atoms with van der Waals surface area (Å²) in [4.78, 5) is 9.28. The van der Waals surface area contributed by atoms with Crippen LogP contribution in [-0.4, -0.2) is 28.6 Å². The van der Waals surface area contributed by atoms with Crippen LogP contribution in [-0.2, 0) is 25.8 Å². The molecule has 1 aliphatic heterocycles. The molecule has 0 radical (unpaired) electrons. The number of phenols is 1. The molecule has 0 bridgehead atoms. The summed E-state index contributed by atoms with van der Waals surface area (Å²) in [6, 6.07) is 18.1. The number of aromatic hydroxyl groups is 1. The zero-order chi connectivity index (χ0) is 20.9.